The summed E-state index contributed by atoms with van der Waals surface area (Å²) in [5.41, 5.74) is 0.654. The first-order chi connectivity index (χ1) is 13.5. The third-order valence-electron chi connectivity index (χ3n) is 4.42. The highest BCUT2D eigenvalue weighted by Gasteiger charge is 2.32. The van der Waals surface area contributed by atoms with Crippen LogP contribution in [0.4, 0.5) is 0 Å². The van der Waals surface area contributed by atoms with Gasteiger partial charge in [-0.25, -0.2) is 23.2 Å². The fraction of sp³-hybridized carbons (Fsp3) is 0.294. The van der Waals surface area contributed by atoms with Gasteiger partial charge in [0.1, 0.15) is 12.2 Å². The minimum absolute atomic E-state index is 0.0508. The number of fused-ring (bicyclic) bond motifs is 1. The highest BCUT2D eigenvalue weighted by atomic mass is 32.2. The Morgan fingerprint density at radius 1 is 1.32 bits per heavy atom. The second-order valence-corrected chi connectivity index (χ2v) is 8.18. The lowest BCUT2D eigenvalue weighted by molar-refractivity contribution is 0.124. The summed E-state index contributed by atoms with van der Waals surface area (Å²) in [5.74, 6) is -0.556. The molecule has 28 heavy (non-hydrogen) atoms. The Kier molecular flexibility index (Phi) is 4.58. The number of sulfonamides is 1. The number of H-pyrrole nitrogens is 1. The molecule has 144 valence electrons. The first kappa shape index (κ1) is 18.1. The molecule has 3 aromatic rings. The maximum Gasteiger partial charge on any atom is 0.417 e. The van der Waals surface area contributed by atoms with E-state index in [4.69, 9.17) is 14.4 Å². The number of aromatic nitrogens is 3. The number of nitrogens with one attached hydrogen (secondary N) is 1. The van der Waals surface area contributed by atoms with Gasteiger partial charge >= 0.3 is 5.76 Å². The van der Waals surface area contributed by atoms with Crippen molar-refractivity contribution in [2.24, 2.45) is 0 Å². The zero-order valence-corrected chi connectivity index (χ0v) is 15.3. The SMILES string of the molecule is N#Cc1nccnc1OC1CCCN(S(=O)(=O)c2ccc3oc(=O)[nH]c3c2)C1. The van der Waals surface area contributed by atoms with Gasteiger partial charge in [-0.05, 0) is 31.0 Å². The summed E-state index contributed by atoms with van der Waals surface area (Å²) in [7, 11) is -3.80. The molecule has 0 aliphatic carbocycles. The van der Waals surface area contributed by atoms with Crippen molar-refractivity contribution in [3.05, 3.63) is 46.8 Å². The van der Waals surface area contributed by atoms with Crippen LogP contribution in [0.15, 0.2) is 44.7 Å². The summed E-state index contributed by atoms with van der Waals surface area (Å²) < 4.78 is 38.0. The number of hydrogen-bond acceptors (Lipinski definition) is 8. The van der Waals surface area contributed by atoms with E-state index >= 15 is 0 Å². The molecule has 1 aliphatic rings. The molecule has 0 bridgehead atoms. The maximum atomic E-state index is 13.0. The fourth-order valence-electron chi connectivity index (χ4n) is 3.11. The van der Waals surface area contributed by atoms with Gasteiger partial charge in [-0.2, -0.15) is 9.57 Å². The van der Waals surface area contributed by atoms with Crippen LogP contribution in [0.25, 0.3) is 11.1 Å². The van der Waals surface area contributed by atoms with Gasteiger partial charge in [0.05, 0.1) is 17.0 Å². The van der Waals surface area contributed by atoms with E-state index in [1.54, 1.807) is 0 Å². The molecule has 4 rings (SSSR count). The number of piperidine rings is 1. The van der Waals surface area contributed by atoms with E-state index in [9.17, 15) is 13.2 Å². The monoisotopic (exact) mass is 401 g/mol. The van der Waals surface area contributed by atoms with Gasteiger partial charge in [-0.15, -0.1) is 0 Å². The minimum atomic E-state index is -3.80. The van der Waals surface area contributed by atoms with E-state index in [-0.39, 0.29) is 28.6 Å². The van der Waals surface area contributed by atoms with Crippen LogP contribution in [0.3, 0.4) is 0 Å². The van der Waals surface area contributed by atoms with Crippen LogP contribution in [0.1, 0.15) is 18.5 Å². The molecule has 11 heteroatoms. The van der Waals surface area contributed by atoms with E-state index in [0.29, 0.717) is 24.9 Å². The Hall–Kier alpha value is -3.23. The normalized spacial score (nSPS) is 18.0. The van der Waals surface area contributed by atoms with E-state index in [1.165, 1.54) is 34.9 Å². The molecule has 1 saturated heterocycles. The Bertz CT molecular complexity index is 1230. The molecule has 0 spiro atoms. The van der Waals surface area contributed by atoms with Gasteiger partial charge in [0, 0.05) is 18.9 Å². The predicted molar refractivity (Wildman–Crippen MR) is 96.0 cm³/mol. The average Bonchev–Trinajstić information content (AvgIpc) is 3.08. The van der Waals surface area contributed by atoms with Gasteiger partial charge in [0.15, 0.2) is 5.58 Å². The summed E-state index contributed by atoms with van der Waals surface area (Å²) in [6.45, 7) is 0.456. The van der Waals surface area contributed by atoms with Crippen molar-refractivity contribution in [1.82, 2.24) is 19.3 Å². The summed E-state index contributed by atoms with van der Waals surface area (Å²) in [5, 5.41) is 9.09. The third kappa shape index (κ3) is 3.35. The van der Waals surface area contributed by atoms with Crippen molar-refractivity contribution in [2.75, 3.05) is 13.1 Å². The molecule has 1 fully saturated rings. The van der Waals surface area contributed by atoms with Crippen molar-refractivity contribution in [3.63, 3.8) is 0 Å². The van der Waals surface area contributed by atoms with Crippen LogP contribution >= 0.6 is 0 Å². The minimum Gasteiger partial charge on any atom is -0.471 e. The van der Waals surface area contributed by atoms with Crippen LogP contribution in [0.5, 0.6) is 5.88 Å². The second kappa shape index (κ2) is 7.06. The van der Waals surface area contributed by atoms with Gasteiger partial charge < -0.3 is 9.15 Å². The summed E-state index contributed by atoms with van der Waals surface area (Å²) in [4.78, 5) is 21.7. The molecule has 2 aromatic heterocycles. The van der Waals surface area contributed by atoms with Crippen molar-refractivity contribution >= 4 is 21.1 Å². The first-order valence-electron chi connectivity index (χ1n) is 8.48. The van der Waals surface area contributed by atoms with E-state index < -0.39 is 21.9 Å². The lowest BCUT2D eigenvalue weighted by Crippen LogP contribution is -2.44. The van der Waals surface area contributed by atoms with Crippen LogP contribution in [0.2, 0.25) is 0 Å². The Balaban J connectivity index is 1.57. The number of benzene rings is 1. The molecule has 3 heterocycles. The van der Waals surface area contributed by atoms with E-state index in [1.807, 2.05) is 6.07 Å². The Morgan fingerprint density at radius 2 is 2.14 bits per heavy atom. The number of oxazole rings is 1. The molecular formula is C17H15N5O5S. The van der Waals surface area contributed by atoms with Crippen LogP contribution in [-0.2, 0) is 10.0 Å². The molecular weight excluding hydrogens is 386 g/mol. The molecule has 1 aromatic carbocycles. The van der Waals surface area contributed by atoms with Crippen molar-refractivity contribution < 1.29 is 17.6 Å². The lowest BCUT2D eigenvalue weighted by atomic mass is 10.1. The molecule has 1 aliphatic heterocycles. The van der Waals surface area contributed by atoms with Gasteiger partial charge in [-0.3, -0.25) is 4.98 Å². The first-order valence-corrected chi connectivity index (χ1v) is 9.92. The highest BCUT2D eigenvalue weighted by molar-refractivity contribution is 7.89. The number of nitrogens with zero attached hydrogens (tertiary/aromatic N) is 4. The van der Waals surface area contributed by atoms with Crippen molar-refractivity contribution in [3.8, 4) is 11.9 Å². The van der Waals surface area contributed by atoms with E-state index in [2.05, 4.69) is 15.0 Å². The summed E-state index contributed by atoms with van der Waals surface area (Å²) in [6.07, 6.45) is 3.57. The Labute approximate surface area is 159 Å². The quantitative estimate of drug-likeness (QED) is 0.682. The summed E-state index contributed by atoms with van der Waals surface area (Å²) >= 11 is 0. The Morgan fingerprint density at radius 3 is 2.96 bits per heavy atom. The molecule has 0 amide bonds. The smallest absolute Gasteiger partial charge is 0.417 e. The van der Waals surface area contributed by atoms with Crippen molar-refractivity contribution in [1.29, 1.82) is 5.26 Å². The molecule has 0 radical (unpaired) electrons. The number of aromatic amines is 1. The van der Waals surface area contributed by atoms with Gasteiger partial charge in [-0.1, -0.05) is 0 Å². The molecule has 10 nitrogen and oxygen atoms in total. The standard InChI is InChI=1S/C17H15N5O5S/c18-9-14-16(20-6-5-19-14)26-11-2-1-7-22(10-11)28(24,25)12-3-4-15-13(8-12)21-17(23)27-15/h3-6,8,11H,1-2,7,10H2,(H,21,23). The molecule has 1 unspecified atom stereocenters. The van der Waals surface area contributed by atoms with E-state index in [0.717, 1.165) is 0 Å². The number of hydrogen-bond donors (Lipinski definition) is 1. The fourth-order valence-corrected chi connectivity index (χ4v) is 4.64. The van der Waals surface area contributed by atoms with Gasteiger partial charge in [0.25, 0.3) is 5.88 Å². The number of ether oxygens (including phenoxy) is 1. The van der Waals surface area contributed by atoms with Gasteiger partial charge in [0.2, 0.25) is 15.7 Å². The van der Waals surface area contributed by atoms with Crippen LogP contribution in [0, 0.1) is 11.3 Å². The largest absolute Gasteiger partial charge is 0.471 e. The topological polar surface area (TPSA) is 142 Å². The predicted octanol–water partition coefficient (Wildman–Crippen LogP) is 1.01. The zero-order valence-electron chi connectivity index (χ0n) is 14.5. The average molecular weight is 401 g/mol. The summed E-state index contributed by atoms with van der Waals surface area (Å²) in [6, 6.07) is 6.11. The zero-order chi connectivity index (χ0) is 19.7. The highest BCUT2D eigenvalue weighted by Crippen LogP contribution is 2.25. The maximum absolute atomic E-state index is 13.0. The van der Waals surface area contributed by atoms with Crippen molar-refractivity contribution in [2.45, 2.75) is 23.8 Å². The third-order valence-corrected chi connectivity index (χ3v) is 6.28. The molecule has 1 N–H and O–H groups in total. The second-order valence-electron chi connectivity index (χ2n) is 6.24. The van der Waals surface area contributed by atoms with Crippen LogP contribution in [-0.4, -0.2) is 46.9 Å². The number of nitriles is 1. The molecule has 1 atom stereocenters. The number of rotatable bonds is 4. The molecule has 0 saturated carbocycles. The van der Waals surface area contributed by atoms with Crippen LogP contribution < -0.4 is 10.5 Å². The lowest BCUT2D eigenvalue weighted by Gasteiger charge is -2.31.